The first-order valence-electron chi connectivity index (χ1n) is 39.5. The fourth-order valence-electron chi connectivity index (χ4n) is 21.7. The van der Waals surface area contributed by atoms with Crippen LogP contribution in [0.4, 0.5) is 0 Å². The predicted molar refractivity (Wildman–Crippen MR) is 452 cm³/mol. The van der Waals surface area contributed by atoms with Crippen LogP contribution in [0.5, 0.6) is 23.0 Å². The van der Waals surface area contributed by atoms with Gasteiger partial charge in [-0.25, -0.2) is 0 Å². The molecule has 0 atom stereocenters. The third-order valence-corrected chi connectivity index (χ3v) is 26.7. The van der Waals surface area contributed by atoms with Crippen LogP contribution in [0.15, 0.2) is 279 Å². The lowest BCUT2D eigenvalue weighted by Crippen LogP contribution is -2.42. The van der Waals surface area contributed by atoms with Crippen LogP contribution >= 0.6 is 0 Å². The summed E-state index contributed by atoms with van der Waals surface area (Å²) in [6.45, 7) is 21.1. The van der Waals surface area contributed by atoms with Crippen molar-refractivity contribution in [1.29, 1.82) is 0 Å². The van der Waals surface area contributed by atoms with Gasteiger partial charge >= 0.3 is 0 Å². The average Bonchev–Trinajstić information content (AvgIpc) is 1.52. The summed E-state index contributed by atoms with van der Waals surface area (Å²) in [6, 6.07) is 94.8. The predicted octanol–water partition coefficient (Wildman–Crippen LogP) is 23.2. The minimum absolute atomic E-state index is 0.0109. The molecule has 0 spiro atoms. The van der Waals surface area contributed by atoms with Gasteiger partial charge in [0.15, 0.2) is 18.6 Å². The summed E-state index contributed by atoms with van der Waals surface area (Å²) in [4.78, 5) is 0. The zero-order valence-corrected chi connectivity index (χ0v) is 63.8. The Morgan fingerprint density at radius 2 is 0.670 bits per heavy atom. The van der Waals surface area contributed by atoms with Gasteiger partial charge in [-0.3, -0.25) is 0 Å². The van der Waals surface area contributed by atoms with Crippen molar-refractivity contribution in [3.8, 4) is 68.0 Å². The zero-order chi connectivity index (χ0) is 74.7. The maximum atomic E-state index is 6.60. The monoisotopic (exact) mass is 1450 g/mol. The summed E-state index contributed by atoms with van der Waals surface area (Å²) < 4.78 is 34.7. The maximum absolute atomic E-state index is 6.60. The van der Waals surface area contributed by atoms with E-state index < -0.39 is 0 Å². The first kappa shape index (κ1) is 63.8. The Labute approximate surface area is 647 Å². The van der Waals surface area contributed by atoms with Crippen LogP contribution in [0.3, 0.4) is 0 Å². The molecule has 0 bridgehead atoms. The van der Waals surface area contributed by atoms with Gasteiger partial charge in [0.05, 0.1) is 27.6 Å². The van der Waals surface area contributed by atoms with Crippen molar-refractivity contribution in [3.05, 3.63) is 324 Å². The number of benzene rings is 15. The van der Waals surface area contributed by atoms with E-state index in [1.165, 1.54) is 208 Å². The first-order valence-corrected chi connectivity index (χ1v) is 39.5. The standard InChI is InChI=1S/2C31H22NO.C23H18NO.C19H16NO/c1-31(2)24-15-20-13-11-19-8-4-6-10-23(19)26(20)30-27(24)29-28(31)25-21(16-32(29)17-33-30)14-12-18-7-3-5-9-22(18)25;1-31(2)25-15-20-12-11-19-8-4-6-10-22(19)26(20)30-27(25)29-28(31)23-14-13-18-7-3-5-9-21(18)24(23)16-32(29)17-33-30;1-23(2)17-11-15-8-4-6-10-18(15)24-13-25-19-12-14-7-3-5-9-16(14)21(23)20(19)22(17)24;1-19(2)14-8-5-9-20-11-21-15-10-12-6-3-4-7-13(12)17(19)16(15)18(14)20/h2*3-16H,17H2,1-2H3;3-12H,13H2,1-2H3;3-10H,11H2,1-2H3/q4*+1. The number of ether oxygens (including phenoxy) is 4. The normalized spacial score (nSPS) is 15.8. The van der Waals surface area contributed by atoms with Crippen molar-refractivity contribution in [2.45, 2.75) is 104 Å². The Bertz CT molecular complexity index is 7590. The van der Waals surface area contributed by atoms with Crippen LogP contribution in [0, 0.1) is 0 Å². The van der Waals surface area contributed by atoms with E-state index in [2.05, 4.69) is 353 Å². The van der Waals surface area contributed by atoms with Crippen LogP contribution in [0.2, 0.25) is 0 Å². The summed E-state index contributed by atoms with van der Waals surface area (Å²) in [5, 5.41) is 27.0. The molecule has 0 saturated carbocycles. The fraction of sp³-hybridized carbons (Fsp3) is 0.154. The average molecular weight is 1450 g/mol. The number of hydrogen-bond donors (Lipinski definition) is 0. The summed E-state index contributed by atoms with van der Waals surface area (Å²) in [5.41, 5.74) is 22.6. The van der Waals surface area contributed by atoms with Crippen LogP contribution in [0.25, 0.3) is 164 Å². The number of aromatic nitrogens is 4. The highest BCUT2D eigenvalue weighted by Gasteiger charge is 2.52. The molecule has 0 radical (unpaired) electrons. The number of hydrogen-bond acceptors (Lipinski definition) is 4. The molecule has 534 valence electrons. The van der Waals surface area contributed by atoms with Gasteiger partial charge in [0.2, 0.25) is 28.3 Å². The molecule has 0 N–H and O–H groups in total. The van der Waals surface area contributed by atoms with Crippen LogP contribution in [-0.4, -0.2) is 0 Å². The lowest BCUT2D eigenvalue weighted by atomic mass is 9.79. The van der Waals surface area contributed by atoms with Gasteiger partial charge in [-0.1, -0.05) is 256 Å². The number of rotatable bonds is 0. The van der Waals surface area contributed by atoms with Gasteiger partial charge in [0.25, 0.3) is 26.9 Å². The van der Waals surface area contributed by atoms with Gasteiger partial charge in [-0.2, -0.15) is 18.3 Å². The minimum atomic E-state index is -0.127. The van der Waals surface area contributed by atoms with Crippen molar-refractivity contribution in [1.82, 2.24) is 0 Å². The fourth-order valence-corrected chi connectivity index (χ4v) is 21.7. The second-order valence-electron chi connectivity index (χ2n) is 34.1. The molecule has 8 aliphatic rings. The molecular formula is C104H78N4O4+4. The third-order valence-electron chi connectivity index (χ3n) is 26.7. The topological polar surface area (TPSA) is 52.4 Å². The van der Waals surface area contributed by atoms with Crippen molar-refractivity contribution >= 4 is 119 Å². The summed E-state index contributed by atoms with van der Waals surface area (Å²) in [5.74, 6) is 4.15. The van der Waals surface area contributed by atoms with Crippen molar-refractivity contribution in [2.24, 2.45) is 0 Å². The molecule has 4 aliphatic carbocycles. The zero-order valence-electron chi connectivity index (χ0n) is 63.8. The van der Waals surface area contributed by atoms with Crippen molar-refractivity contribution in [3.63, 3.8) is 0 Å². The quantitative estimate of drug-likeness (QED) is 0.112. The Morgan fingerprint density at radius 1 is 0.250 bits per heavy atom. The van der Waals surface area contributed by atoms with Crippen LogP contribution in [-0.2, 0) is 48.6 Å². The van der Waals surface area contributed by atoms with E-state index in [-0.39, 0.29) is 21.7 Å². The molecule has 19 aromatic rings. The number of fused-ring (bicyclic) bond motifs is 22. The van der Waals surface area contributed by atoms with Crippen molar-refractivity contribution < 1.29 is 37.2 Å². The van der Waals surface area contributed by atoms with E-state index in [9.17, 15) is 0 Å². The molecule has 4 aromatic heterocycles. The second-order valence-corrected chi connectivity index (χ2v) is 34.1. The molecule has 27 rings (SSSR count). The Kier molecular flexibility index (Phi) is 12.7. The molecule has 8 heteroatoms. The molecule has 4 aliphatic heterocycles. The second kappa shape index (κ2) is 22.4. The largest absolute Gasteiger partial charge is 0.435 e. The van der Waals surface area contributed by atoms with Gasteiger partial charge in [-0.05, 0) is 152 Å². The van der Waals surface area contributed by atoms with Gasteiger partial charge in [0.1, 0.15) is 23.0 Å². The van der Waals surface area contributed by atoms with Crippen molar-refractivity contribution in [2.75, 3.05) is 0 Å². The number of para-hydroxylation sites is 1. The first-order chi connectivity index (χ1) is 54.6. The molecule has 15 aromatic carbocycles. The molecule has 0 saturated heterocycles. The summed E-state index contributed by atoms with van der Waals surface area (Å²) >= 11 is 0. The lowest BCUT2D eigenvalue weighted by molar-refractivity contribution is -0.717. The highest BCUT2D eigenvalue weighted by Crippen LogP contribution is 2.62. The van der Waals surface area contributed by atoms with E-state index >= 15 is 0 Å². The SMILES string of the molecule is CC1(C)c2cc3ccc4ccccc4c3c3c2-c2c1c1c(ccc4ccccc41)c[n+]2CO3.CC1(C)c2cc3ccc4ccccc4c3c3c2-c2c1c1ccc4ccccc4c1c[n+]2CO3.CC1(C)c2cc3ccccc3[n+]3c2-c2c(cc4ccccc4c21)OC3.CC1(C)c2ccc[n+]3c2-c2c(cc4ccccc4c21)OC3. The molecular weight excluding hydrogens is 1370 g/mol. The van der Waals surface area contributed by atoms with E-state index in [1.807, 2.05) is 0 Å². The highest BCUT2D eigenvalue weighted by molar-refractivity contribution is 6.19. The van der Waals surface area contributed by atoms with Crippen LogP contribution < -0.4 is 37.2 Å². The molecule has 0 fully saturated rings. The molecule has 8 heterocycles. The number of pyridine rings is 4. The Balaban J connectivity index is 0.0000000881. The maximum Gasteiger partial charge on any atom is 0.293 e. The summed E-state index contributed by atoms with van der Waals surface area (Å²) in [7, 11) is 0. The van der Waals surface area contributed by atoms with E-state index in [4.69, 9.17) is 18.9 Å². The lowest BCUT2D eigenvalue weighted by Gasteiger charge is -2.22. The van der Waals surface area contributed by atoms with Gasteiger partial charge < -0.3 is 18.9 Å². The summed E-state index contributed by atoms with van der Waals surface area (Å²) in [6.07, 6.45) is 6.70. The number of nitrogens with zero attached hydrogens (tertiary/aromatic N) is 4. The van der Waals surface area contributed by atoms with E-state index in [0.29, 0.717) is 26.9 Å². The smallest absolute Gasteiger partial charge is 0.293 e. The minimum Gasteiger partial charge on any atom is -0.435 e. The van der Waals surface area contributed by atoms with E-state index in [1.54, 1.807) is 0 Å². The third kappa shape index (κ3) is 8.40. The van der Waals surface area contributed by atoms with Crippen LogP contribution in [0.1, 0.15) is 99.9 Å². The molecule has 8 nitrogen and oxygen atoms in total. The van der Waals surface area contributed by atoms with Gasteiger partial charge in [-0.15, -0.1) is 0 Å². The molecule has 0 amide bonds. The Morgan fingerprint density at radius 3 is 1.27 bits per heavy atom. The molecule has 112 heavy (non-hydrogen) atoms. The van der Waals surface area contributed by atoms with E-state index in [0.717, 1.165) is 23.0 Å². The molecule has 0 unspecified atom stereocenters. The van der Waals surface area contributed by atoms with Gasteiger partial charge in [0, 0.05) is 83.0 Å². The highest BCUT2D eigenvalue weighted by atomic mass is 16.5. The Hall–Kier alpha value is -13.0.